The van der Waals surface area contributed by atoms with Crippen LogP contribution in [-0.4, -0.2) is 15.9 Å². The molecule has 0 unspecified atom stereocenters. The lowest BCUT2D eigenvalue weighted by molar-refractivity contribution is 0.0962. The Kier molecular flexibility index (Phi) is 4.98. The molecule has 0 fully saturated rings. The third-order valence-corrected chi connectivity index (χ3v) is 3.85. The van der Waals surface area contributed by atoms with Crippen molar-refractivity contribution in [1.29, 1.82) is 0 Å². The van der Waals surface area contributed by atoms with E-state index in [1.807, 2.05) is 56.3 Å². The van der Waals surface area contributed by atoms with E-state index in [4.69, 9.17) is 5.73 Å². The normalized spacial score (nSPS) is 10.2. The van der Waals surface area contributed by atoms with Crippen LogP contribution in [0.5, 0.6) is 0 Å². The summed E-state index contributed by atoms with van der Waals surface area (Å²) < 4.78 is 0. The fourth-order valence-electron chi connectivity index (χ4n) is 2.47. The summed E-state index contributed by atoms with van der Waals surface area (Å²) in [6, 6.07) is 15.2. The molecule has 0 aliphatic carbocycles. The fourth-order valence-corrected chi connectivity index (χ4v) is 2.47. The lowest BCUT2D eigenvalue weighted by Crippen LogP contribution is -2.30. The maximum Gasteiger partial charge on any atom is 0.269 e. The first-order chi connectivity index (χ1) is 12.5. The van der Waals surface area contributed by atoms with Gasteiger partial charge in [-0.3, -0.25) is 15.6 Å². The van der Waals surface area contributed by atoms with Gasteiger partial charge in [0.05, 0.1) is 0 Å². The van der Waals surface area contributed by atoms with Gasteiger partial charge in [-0.25, -0.2) is 9.97 Å². The number of benzene rings is 2. The number of nitrogen functional groups attached to an aromatic ring is 1. The second kappa shape index (κ2) is 7.52. The van der Waals surface area contributed by atoms with Crippen LogP contribution in [0.4, 0.5) is 23.0 Å². The summed E-state index contributed by atoms with van der Waals surface area (Å²) in [4.78, 5) is 20.5. The highest BCUT2D eigenvalue weighted by Gasteiger charge is 2.11. The van der Waals surface area contributed by atoms with E-state index in [0.717, 1.165) is 16.8 Å². The van der Waals surface area contributed by atoms with Crippen molar-refractivity contribution in [2.75, 3.05) is 16.5 Å². The molecule has 26 heavy (non-hydrogen) atoms. The minimum Gasteiger partial charge on any atom is -0.393 e. The molecule has 0 saturated carbocycles. The van der Waals surface area contributed by atoms with E-state index in [0.29, 0.717) is 22.9 Å². The van der Waals surface area contributed by atoms with Crippen molar-refractivity contribution < 1.29 is 4.79 Å². The van der Waals surface area contributed by atoms with E-state index < -0.39 is 0 Å². The number of aryl methyl sites for hydroxylation is 2. The third-order valence-electron chi connectivity index (χ3n) is 3.85. The highest BCUT2D eigenvalue weighted by Crippen LogP contribution is 2.25. The van der Waals surface area contributed by atoms with Gasteiger partial charge in [0.2, 0.25) is 0 Å². The quantitative estimate of drug-likeness (QED) is 0.528. The van der Waals surface area contributed by atoms with Crippen LogP contribution in [0.2, 0.25) is 0 Å². The van der Waals surface area contributed by atoms with Gasteiger partial charge in [0.1, 0.15) is 12.0 Å². The number of rotatable bonds is 5. The zero-order valence-corrected chi connectivity index (χ0v) is 14.6. The number of carbonyl (C=O) groups is 1. The summed E-state index contributed by atoms with van der Waals surface area (Å²) in [5, 5.41) is 3.15. The topological polar surface area (TPSA) is 105 Å². The molecule has 0 aliphatic heterocycles. The van der Waals surface area contributed by atoms with E-state index in [1.54, 1.807) is 6.07 Å². The van der Waals surface area contributed by atoms with E-state index >= 15 is 0 Å². The summed E-state index contributed by atoms with van der Waals surface area (Å²) in [6.45, 7) is 3.88. The van der Waals surface area contributed by atoms with Crippen LogP contribution in [0.15, 0.2) is 54.9 Å². The average molecular weight is 348 g/mol. The van der Waals surface area contributed by atoms with E-state index in [2.05, 4.69) is 26.1 Å². The molecule has 0 bridgehead atoms. The molecule has 0 radical (unpaired) electrons. The molecule has 0 atom stereocenters. The molecule has 132 valence electrons. The number of nitrogens with zero attached hydrogens (tertiary/aromatic N) is 2. The SMILES string of the molecule is Cc1cccc(Nc2ncnc(NNC(=O)c3ccccc3C)c2N)c1. The van der Waals surface area contributed by atoms with Crippen molar-refractivity contribution in [1.82, 2.24) is 15.4 Å². The van der Waals surface area contributed by atoms with Gasteiger partial charge in [-0.05, 0) is 43.2 Å². The number of carbonyl (C=O) groups excluding carboxylic acids is 1. The van der Waals surface area contributed by atoms with Crippen LogP contribution >= 0.6 is 0 Å². The number of amides is 1. The van der Waals surface area contributed by atoms with Crippen LogP contribution in [0.25, 0.3) is 0 Å². The van der Waals surface area contributed by atoms with Gasteiger partial charge < -0.3 is 11.1 Å². The molecular formula is C19H20N6O. The molecular weight excluding hydrogens is 328 g/mol. The summed E-state index contributed by atoms with van der Waals surface area (Å²) in [7, 11) is 0. The van der Waals surface area contributed by atoms with Crippen molar-refractivity contribution in [2.45, 2.75) is 13.8 Å². The number of hydrazine groups is 1. The Bertz CT molecular complexity index is 941. The second-order valence-corrected chi connectivity index (χ2v) is 5.87. The van der Waals surface area contributed by atoms with Crippen molar-refractivity contribution in [3.05, 3.63) is 71.5 Å². The van der Waals surface area contributed by atoms with Crippen LogP contribution < -0.4 is 21.9 Å². The molecule has 0 spiro atoms. The van der Waals surface area contributed by atoms with Crippen molar-refractivity contribution in [3.63, 3.8) is 0 Å². The molecule has 3 rings (SSSR count). The Labute approximate surface area is 151 Å². The zero-order chi connectivity index (χ0) is 18.5. The summed E-state index contributed by atoms with van der Waals surface area (Å²) >= 11 is 0. The first-order valence-electron chi connectivity index (χ1n) is 8.11. The Morgan fingerprint density at radius 1 is 1.00 bits per heavy atom. The molecule has 5 N–H and O–H groups in total. The first kappa shape index (κ1) is 17.2. The maximum atomic E-state index is 12.3. The van der Waals surface area contributed by atoms with Gasteiger partial charge in [0.15, 0.2) is 11.6 Å². The van der Waals surface area contributed by atoms with Gasteiger partial charge in [-0.15, -0.1) is 0 Å². The molecule has 3 aromatic rings. The summed E-state index contributed by atoms with van der Waals surface area (Å²) in [6.07, 6.45) is 1.37. The summed E-state index contributed by atoms with van der Waals surface area (Å²) in [5.74, 6) is 0.504. The molecule has 0 aliphatic rings. The minimum absolute atomic E-state index is 0.269. The van der Waals surface area contributed by atoms with Gasteiger partial charge in [0, 0.05) is 11.3 Å². The Morgan fingerprint density at radius 2 is 1.77 bits per heavy atom. The highest BCUT2D eigenvalue weighted by molar-refractivity contribution is 5.96. The molecule has 7 heteroatoms. The van der Waals surface area contributed by atoms with Gasteiger partial charge in [-0.2, -0.15) is 0 Å². The zero-order valence-electron chi connectivity index (χ0n) is 14.6. The second-order valence-electron chi connectivity index (χ2n) is 5.87. The van der Waals surface area contributed by atoms with Gasteiger partial charge >= 0.3 is 0 Å². The predicted octanol–water partition coefficient (Wildman–Crippen LogP) is 3.18. The Hall–Kier alpha value is -3.61. The molecule has 2 aromatic carbocycles. The number of aromatic nitrogens is 2. The molecule has 7 nitrogen and oxygen atoms in total. The largest absolute Gasteiger partial charge is 0.393 e. The standard InChI is InChI=1S/C19H20N6O/c1-12-6-5-8-14(10-12)23-17-16(20)18(22-11-21-17)24-25-19(26)15-9-4-3-7-13(15)2/h3-11H,20H2,1-2H3,(H,25,26)(H2,21,22,23,24). The number of hydrogen-bond donors (Lipinski definition) is 4. The van der Waals surface area contributed by atoms with Crippen LogP contribution in [-0.2, 0) is 0 Å². The number of hydrogen-bond acceptors (Lipinski definition) is 6. The smallest absolute Gasteiger partial charge is 0.269 e. The molecule has 1 aromatic heterocycles. The third kappa shape index (κ3) is 3.89. The van der Waals surface area contributed by atoms with Crippen molar-refractivity contribution >= 4 is 28.9 Å². The lowest BCUT2D eigenvalue weighted by Gasteiger charge is -2.14. The monoisotopic (exact) mass is 348 g/mol. The minimum atomic E-state index is -0.269. The number of anilines is 4. The molecule has 1 heterocycles. The van der Waals surface area contributed by atoms with Crippen LogP contribution in [0.3, 0.4) is 0 Å². The molecule has 1 amide bonds. The van der Waals surface area contributed by atoms with E-state index in [9.17, 15) is 4.79 Å². The van der Waals surface area contributed by atoms with Crippen LogP contribution in [0, 0.1) is 13.8 Å². The van der Waals surface area contributed by atoms with Gasteiger partial charge in [0.25, 0.3) is 5.91 Å². The Balaban J connectivity index is 1.73. The number of nitrogens with two attached hydrogens (primary N) is 1. The maximum absolute atomic E-state index is 12.3. The van der Waals surface area contributed by atoms with Crippen molar-refractivity contribution in [2.24, 2.45) is 0 Å². The highest BCUT2D eigenvalue weighted by atomic mass is 16.2. The lowest BCUT2D eigenvalue weighted by atomic mass is 10.1. The van der Waals surface area contributed by atoms with Crippen LogP contribution in [0.1, 0.15) is 21.5 Å². The predicted molar refractivity (Wildman–Crippen MR) is 103 cm³/mol. The fraction of sp³-hybridized carbons (Fsp3) is 0.105. The average Bonchev–Trinajstić information content (AvgIpc) is 2.62. The van der Waals surface area contributed by atoms with E-state index in [-0.39, 0.29) is 5.91 Å². The van der Waals surface area contributed by atoms with Gasteiger partial charge in [-0.1, -0.05) is 30.3 Å². The summed E-state index contributed by atoms with van der Waals surface area (Å²) in [5.41, 5.74) is 15.2. The first-order valence-corrected chi connectivity index (χ1v) is 8.11. The number of nitrogens with one attached hydrogen (secondary N) is 3. The molecule has 0 saturated heterocycles. The van der Waals surface area contributed by atoms with Crippen molar-refractivity contribution in [3.8, 4) is 0 Å². The van der Waals surface area contributed by atoms with E-state index in [1.165, 1.54) is 6.33 Å². The Morgan fingerprint density at radius 3 is 2.54 bits per heavy atom.